The van der Waals surface area contributed by atoms with Crippen LogP contribution in [0.25, 0.3) is 0 Å². The Labute approximate surface area is 77.2 Å². The van der Waals surface area contributed by atoms with Crippen LogP contribution < -0.4 is 5.73 Å². The van der Waals surface area contributed by atoms with Gasteiger partial charge in [-0.3, -0.25) is 0 Å². The lowest BCUT2D eigenvalue weighted by Crippen LogP contribution is -2.37. The van der Waals surface area contributed by atoms with Crippen molar-refractivity contribution in [3.8, 4) is 6.07 Å². The van der Waals surface area contributed by atoms with E-state index in [1.54, 1.807) is 0 Å². The normalized spacial score (nSPS) is 21.2. The summed E-state index contributed by atoms with van der Waals surface area (Å²) >= 11 is 0. The standard InChI is InChI=1S/C8H14N2.C2H6.H2/c9-7-8(10)5-3-1-2-4-6-8;1-2;/h1-6,10H2;1-2H3;1H. The summed E-state index contributed by atoms with van der Waals surface area (Å²) in [5.74, 6) is 0. The minimum atomic E-state index is -0.490. The van der Waals surface area contributed by atoms with Gasteiger partial charge in [-0.05, 0) is 12.8 Å². The van der Waals surface area contributed by atoms with Gasteiger partial charge in [-0.1, -0.05) is 39.5 Å². The summed E-state index contributed by atoms with van der Waals surface area (Å²) in [5.41, 5.74) is 5.31. The van der Waals surface area contributed by atoms with Gasteiger partial charge in [0.2, 0.25) is 0 Å². The summed E-state index contributed by atoms with van der Waals surface area (Å²) in [5, 5.41) is 8.70. The second-order valence-electron chi connectivity index (χ2n) is 3.18. The zero-order valence-corrected chi connectivity index (χ0v) is 8.27. The van der Waals surface area contributed by atoms with Gasteiger partial charge in [-0.25, -0.2) is 0 Å². The van der Waals surface area contributed by atoms with E-state index in [1.807, 2.05) is 13.8 Å². The van der Waals surface area contributed by atoms with Crippen molar-refractivity contribution in [2.45, 2.75) is 57.9 Å². The van der Waals surface area contributed by atoms with E-state index in [2.05, 4.69) is 6.07 Å². The third-order valence-corrected chi connectivity index (χ3v) is 2.22. The van der Waals surface area contributed by atoms with E-state index in [4.69, 9.17) is 11.0 Å². The Hall–Kier alpha value is -0.550. The fourth-order valence-corrected chi connectivity index (χ4v) is 1.47. The molecule has 0 aromatic carbocycles. The summed E-state index contributed by atoms with van der Waals surface area (Å²) in [6, 6.07) is 2.20. The summed E-state index contributed by atoms with van der Waals surface area (Å²) in [7, 11) is 0. The quantitative estimate of drug-likeness (QED) is 0.568. The van der Waals surface area contributed by atoms with Gasteiger partial charge >= 0.3 is 0 Å². The first kappa shape index (κ1) is 11.4. The topological polar surface area (TPSA) is 49.8 Å². The van der Waals surface area contributed by atoms with Gasteiger partial charge in [0.25, 0.3) is 0 Å². The first-order valence-electron chi connectivity index (χ1n) is 4.97. The van der Waals surface area contributed by atoms with E-state index >= 15 is 0 Å². The van der Waals surface area contributed by atoms with E-state index in [0.717, 1.165) is 25.7 Å². The van der Waals surface area contributed by atoms with Crippen LogP contribution in [0, 0.1) is 11.3 Å². The molecule has 0 radical (unpaired) electrons. The summed E-state index contributed by atoms with van der Waals surface area (Å²) in [4.78, 5) is 0. The zero-order valence-electron chi connectivity index (χ0n) is 8.27. The Morgan fingerprint density at radius 2 is 1.58 bits per heavy atom. The Morgan fingerprint density at radius 1 is 1.17 bits per heavy atom. The third kappa shape index (κ3) is 3.73. The molecule has 72 valence electrons. The third-order valence-electron chi connectivity index (χ3n) is 2.22. The highest BCUT2D eigenvalue weighted by Gasteiger charge is 2.24. The van der Waals surface area contributed by atoms with Crippen LogP contribution in [0.2, 0.25) is 0 Å². The number of hydrogen-bond acceptors (Lipinski definition) is 2. The molecule has 2 nitrogen and oxygen atoms in total. The SMILES string of the molecule is CC.N#CC1(N)CCCCCC1.[HH]. The van der Waals surface area contributed by atoms with Crippen LogP contribution in [-0.2, 0) is 0 Å². The highest BCUT2D eigenvalue weighted by molar-refractivity contribution is 5.04. The molecule has 1 rings (SSSR count). The van der Waals surface area contributed by atoms with Crippen molar-refractivity contribution in [1.29, 1.82) is 5.26 Å². The Kier molecular flexibility index (Phi) is 5.74. The molecule has 2 N–H and O–H groups in total. The first-order chi connectivity index (χ1) is 5.77. The van der Waals surface area contributed by atoms with E-state index in [1.165, 1.54) is 12.8 Å². The lowest BCUT2D eigenvalue weighted by molar-refractivity contribution is 0.472. The molecule has 0 amide bonds. The second kappa shape index (κ2) is 6.02. The molecule has 1 saturated carbocycles. The summed E-state index contributed by atoms with van der Waals surface area (Å²) in [6.07, 6.45) is 6.54. The van der Waals surface area contributed by atoms with Gasteiger partial charge in [0, 0.05) is 1.43 Å². The Morgan fingerprint density at radius 3 is 1.92 bits per heavy atom. The van der Waals surface area contributed by atoms with Gasteiger partial charge < -0.3 is 5.73 Å². The van der Waals surface area contributed by atoms with Crippen LogP contribution >= 0.6 is 0 Å². The number of nitriles is 1. The van der Waals surface area contributed by atoms with Crippen molar-refractivity contribution in [2.24, 2.45) is 5.73 Å². The van der Waals surface area contributed by atoms with Gasteiger partial charge in [0.05, 0.1) is 6.07 Å². The molecule has 0 unspecified atom stereocenters. The maximum Gasteiger partial charge on any atom is 0.104 e. The van der Waals surface area contributed by atoms with Crippen LogP contribution in [0.5, 0.6) is 0 Å². The van der Waals surface area contributed by atoms with Crippen molar-refractivity contribution >= 4 is 0 Å². The summed E-state index contributed by atoms with van der Waals surface area (Å²) < 4.78 is 0. The molecule has 0 bridgehead atoms. The van der Waals surface area contributed by atoms with Crippen LogP contribution in [0.3, 0.4) is 0 Å². The molecule has 0 spiro atoms. The Bertz CT molecular complexity index is 143. The molecule has 1 aliphatic rings. The monoisotopic (exact) mass is 170 g/mol. The zero-order chi connectivity index (χ0) is 9.45. The minimum absolute atomic E-state index is 0. The van der Waals surface area contributed by atoms with Crippen LogP contribution in [0.15, 0.2) is 0 Å². The van der Waals surface area contributed by atoms with Crippen LogP contribution in [-0.4, -0.2) is 5.54 Å². The van der Waals surface area contributed by atoms with Crippen LogP contribution in [0.1, 0.15) is 53.8 Å². The lowest BCUT2D eigenvalue weighted by atomic mass is 9.94. The molecular formula is C10H22N2. The number of rotatable bonds is 0. The van der Waals surface area contributed by atoms with Gasteiger partial charge in [-0.2, -0.15) is 5.26 Å². The number of nitrogens with zero attached hydrogens (tertiary/aromatic N) is 1. The summed E-state index contributed by atoms with van der Waals surface area (Å²) in [6.45, 7) is 4.00. The highest BCUT2D eigenvalue weighted by atomic mass is 14.7. The molecule has 1 fully saturated rings. The predicted molar refractivity (Wildman–Crippen MR) is 53.7 cm³/mol. The molecule has 12 heavy (non-hydrogen) atoms. The smallest absolute Gasteiger partial charge is 0.104 e. The molecule has 0 heterocycles. The van der Waals surface area contributed by atoms with E-state index in [0.29, 0.717) is 0 Å². The molecule has 0 aliphatic heterocycles. The molecular weight excluding hydrogens is 148 g/mol. The van der Waals surface area contributed by atoms with Gasteiger partial charge in [-0.15, -0.1) is 0 Å². The Balaban J connectivity index is 0. The average Bonchev–Trinajstić information content (AvgIpc) is 2.35. The van der Waals surface area contributed by atoms with Gasteiger partial charge in [0.1, 0.15) is 5.54 Å². The van der Waals surface area contributed by atoms with Crippen LogP contribution in [0.4, 0.5) is 0 Å². The molecule has 0 atom stereocenters. The fourth-order valence-electron chi connectivity index (χ4n) is 1.47. The van der Waals surface area contributed by atoms with E-state index in [-0.39, 0.29) is 1.43 Å². The second-order valence-corrected chi connectivity index (χ2v) is 3.18. The van der Waals surface area contributed by atoms with Crippen molar-refractivity contribution in [2.75, 3.05) is 0 Å². The van der Waals surface area contributed by atoms with E-state index in [9.17, 15) is 0 Å². The first-order valence-corrected chi connectivity index (χ1v) is 4.97. The van der Waals surface area contributed by atoms with Gasteiger partial charge in [0.15, 0.2) is 0 Å². The van der Waals surface area contributed by atoms with Crippen molar-refractivity contribution in [1.82, 2.24) is 0 Å². The molecule has 0 aromatic heterocycles. The van der Waals surface area contributed by atoms with Crippen molar-refractivity contribution in [3.05, 3.63) is 0 Å². The maximum absolute atomic E-state index is 8.70. The fraction of sp³-hybridized carbons (Fsp3) is 0.900. The minimum Gasteiger partial charge on any atom is -0.313 e. The number of hydrogen-bond donors (Lipinski definition) is 1. The largest absolute Gasteiger partial charge is 0.313 e. The van der Waals surface area contributed by atoms with Crippen molar-refractivity contribution < 1.29 is 1.43 Å². The lowest BCUT2D eigenvalue weighted by Gasteiger charge is -2.17. The predicted octanol–water partition coefficient (Wildman–Crippen LogP) is 2.83. The molecule has 1 aliphatic carbocycles. The highest BCUT2D eigenvalue weighted by Crippen LogP contribution is 2.23. The molecule has 0 saturated heterocycles. The maximum atomic E-state index is 8.70. The van der Waals surface area contributed by atoms with E-state index < -0.39 is 5.54 Å². The van der Waals surface area contributed by atoms with Crippen molar-refractivity contribution in [3.63, 3.8) is 0 Å². The average molecular weight is 170 g/mol. The number of nitrogens with two attached hydrogens (primary N) is 1. The molecule has 0 aromatic rings. The molecule has 2 heteroatoms.